The zero-order valence-corrected chi connectivity index (χ0v) is 10.6. The number of aromatic nitrogens is 2. The topological polar surface area (TPSA) is 51.0 Å². The Kier molecular flexibility index (Phi) is 3.50. The van der Waals surface area contributed by atoms with Gasteiger partial charge in [-0.1, -0.05) is 10.3 Å². The summed E-state index contributed by atoms with van der Waals surface area (Å²) >= 11 is 5.21. The summed E-state index contributed by atoms with van der Waals surface area (Å²) in [6.07, 6.45) is 0. The van der Waals surface area contributed by atoms with E-state index in [1.165, 1.54) is 4.88 Å². The number of aryl methyl sites for hydroxylation is 1. The van der Waals surface area contributed by atoms with E-state index in [1.807, 2.05) is 13.0 Å². The van der Waals surface area contributed by atoms with E-state index >= 15 is 0 Å². The summed E-state index contributed by atoms with van der Waals surface area (Å²) in [6, 6.07) is 2.05. The van der Waals surface area contributed by atoms with Crippen molar-refractivity contribution in [2.45, 2.75) is 20.0 Å². The molecule has 0 saturated heterocycles. The second kappa shape index (κ2) is 4.87. The van der Waals surface area contributed by atoms with Crippen LogP contribution in [-0.4, -0.2) is 10.3 Å². The monoisotopic (exact) mass is 287 g/mol. The van der Waals surface area contributed by atoms with E-state index in [9.17, 15) is 0 Å². The molecule has 0 fully saturated rings. The molecule has 2 aromatic rings. The summed E-state index contributed by atoms with van der Waals surface area (Å²) in [5.74, 6) is 0. The minimum Gasteiger partial charge on any atom is -0.306 e. The minimum absolute atomic E-state index is 0.680. The third-order valence-corrected chi connectivity index (χ3v) is 3.94. The van der Waals surface area contributed by atoms with E-state index < -0.39 is 0 Å². The van der Waals surface area contributed by atoms with Crippen molar-refractivity contribution in [2.24, 2.45) is 0 Å². The van der Waals surface area contributed by atoms with Gasteiger partial charge in [0.1, 0.15) is 11.4 Å². The van der Waals surface area contributed by atoms with Crippen LogP contribution in [0.2, 0.25) is 0 Å². The van der Waals surface area contributed by atoms with Crippen molar-refractivity contribution in [1.29, 1.82) is 0 Å². The van der Waals surface area contributed by atoms with Gasteiger partial charge in [-0.05, 0) is 34.3 Å². The third kappa shape index (κ3) is 2.64. The number of hydrogen-bond acceptors (Lipinski definition) is 5. The first-order chi connectivity index (χ1) is 7.27. The average Bonchev–Trinajstić information content (AvgIpc) is 2.78. The molecule has 0 aromatic carbocycles. The Balaban J connectivity index is 1.86. The Morgan fingerprint density at radius 3 is 2.93 bits per heavy atom. The largest absolute Gasteiger partial charge is 0.306 e. The van der Waals surface area contributed by atoms with Crippen molar-refractivity contribution in [3.63, 3.8) is 0 Å². The normalized spacial score (nSPS) is 10.8. The summed E-state index contributed by atoms with van der Waals surface area (Å²) in [6.45, 7) is 3.39. The van der Waals surface area contributed by atoms with Gasteiger partial charge in [0.05, 0.1) is 0 Å². The van der Waals surface area contributed by atoms with Crippen molar-refractivity contribution >= 4 is 27.3 Å². The zero-order valence-electron chi connectivity index (χ0n) is 8.16. The van der Waals surface area contributed by atoms with Gasteiger partial charge in [-0.3, -0.25) is 0 Å². The maximum absolute atomic E-state index is 4.61. The lowest BCUT2D eigenvalue weighted by Crippen LogP contribution is -2.13. The molecule has 0 amide bonds. The van der Waals surface area contributed by atoms with Gasteiger partial charge in [0, 0.05) is 22.4 Å². The highest BCUT2D eigenvalue weighted by Crippen LogP contribution is 2.22. The van der Waals surface area contributed by atoms with E-state index in [0.717, 1.165) is 22.4 Å². The van der Waals surface area contributed by atoms with Gasteiger partial charge in [0.2, 0.25) is 0 Å². The Labute approximate surface area is 99.8 Å². The van der Waals surface area contributed by atoms with E-state index in [0.29, 0.717) is 6.54 Å². The Bertz CT molecular complexity index is 400. The van der Waals surface area contributed by atoms with Crippen molar-refractivity contribution in [3.05, 3.63) is 32.2 Å². The predicted molar refractivity (Wildman–Crippen MR) is 61.6 cm³/mol. The molecular weight excluding hydrogens is 278 g/mol. The molecule has 0 saturated carbocycles. The van der Waals surface area contributed by atoms with Gasteiger partial charge in [0.25, 0.3) is 0 Å². The first kappa shape index (κ1) is 10.8. The van der Waals surface area contributed by atoms with Crippen LogP contribution in [0.25, 0.3) is 0 Å². The number of hydrogen-bond donors (Lipinski definition) is 1. The minimum atomic E-state index is 0.680. The summed E-state index contributed by atoms with van der Waals surface area (Å²) in [4.78, 5) is 1.28. The maximum atomic E-state index is 4.61. The average molecular weight is 288 g/mol. The Morgan fingerprint density at radius 1 is 1.47 bits per heavy atom. The van der Waals surface area contributed by atoms with Gasteiger partial charge in [-0.25, -0.2) is 4.63 Å². The smallest absolute Gasteiger partial charge is 0.121 e. The quantitative estimate of drug-likeness (QED) is 0.939. The number of nitrogens with zero attached hydrogens (tertiary/aromatic N) is 2. The molecule has 0 aliphatic rings. The SMILES string of the molecule is Cc1nonc1CNCc1sccc1Br. The number of nitrogens with one attached hydrogen (secondary N) is 1. The molecule has 4 nitrogen and oxygen atoms in total. The molecule has 2 rings (SSSR count). The van der Waals surface area contributed by atoms with Gasteiger partial charge in [-0.2, -0.15) is 0 Å². The standard InChI is InChI=1S/C9H10BrN3OS/c1-6-8(13-14-12-6)4-11-5-9-7(10)2-3-15-9/h2-3,11H,4-5H2,1H3. The number of rotatable bonds is 4. The molecule has 0 spiro atoms. The highest BCUT2D eigenvalue weighted by atomic mass is 79.9. The van der Waals surface area contributed by atoms with Crippen molar-refractivity contribution in [2.75, 3.05) is 0 Å². The van der Waals surface area contributed by atoms with Crippen LogP contribution in [0.4, 0.5) is 0 Å². The first-order valence-electron chi connectivity index (χ1n) is 4.48. The lowest BCUT2D eigenvalue weighted by molar-refractivity contribution is 0.300. The Morgan fingerprint density at radius 2 is 2.33 bits per heavy atom. The zero-order chi connectivity index (χ0) is 10.7. The van der Waals surface area contributed by atoms with Crippen LogP contribution in [0.3, 0.4) is 0 Å². The molecule has 0 atom stereocenters. The second-order valence-corrected chi connectivity index (χ2v) is 4.95. The van der Waals surface area contributed by atoms with Crippen molar-refractivity contribution in [1.82, 2.24) is 15.6 Å². The van der Waals surface area contributed by atoms with Crippen LogP contribution in [0, 0.1) is 6.92 Å². The van der Waals surface area contributed by atoms with Gasteiger partial charge in [-0.15, -0.1) is 11.3 Å². The van der Waals surface area contributed by atoms with Crippen LogP contribution in [0.1, 0.15) is 16.3 Å². The van der Waals surface area contributed by atoms with Gasteiger partial charge in [0.15, 0.2) is 0 Å². The molecule has 2 aromatic heterocycles. The molecule has 15 heavy (non-hydrogen) atoms. The first-order valence-corrected chi connectivity index (χ1v) is 6.15. The molecule has 0 aliphatic heterocycles. The molecule has 1 N–H and O–H groups in total. The molecule has 0 aliphatic carbocycles. The number of thiophene rings is 1. The lowest BCUT2D eigenvalue weighted by Gasteiger charge is -2.00. The fraction of sp³-hybridized carbons (Fsp3) is 0.333. The van der Waals surface area contributed by atoms with E-state index in [1.54, 1.807) is 11.3 Å². The Hall–Kier alpha value is -0.720. The van der Waals surface area contributed by atoms with Crippen LogP contribution in [-0.2, 0) is 13.1 Å². The summed E-state index contributed by atoms with van der Waals surface area (Å²) in [7, 11) is 0. The molecule has 80 valence electrons. The highest BCUT2D eigenvalue weighted by molar-refractivity contribution is 9.10. The number of halogens is 1. The fourth-order valence-corrected chi connectivity index (χ4v) is 2.62. The van der Waals surface area contributed by atoms with E-state index in [-0.39, 0.29) is 0 Å². The molecule has 0 radical (unpaired) electrons. The van der Waals surface area contributed by atoms with Gasteiger partial charge >= 0.3 is 0 Å². The van der Waals surface area contributed by atoms with E-state index in [4.69, 9.17) is 0 Å². The third-order valence-electron chi connectivity index (χ3n) is 2.02. The summed E-state index contributed by atoms with van der Waals surface area (Å²) in [5, 5.41) is 12.9. The summed E-state index contributed by atoms with van der Waals surface area (Å²) in [5.41, 5.74) is 1.70. The molecule has 2 heterocycles. The van der Waals surface area contributed by atoms with Crippen LogP contribution >= 0.6 is 27.3 Å². The van der Waals surface area contributed by atoms with Crippen molar-refractivity contribution < 1.29 is 4.63 Å². The lowest BCUT2D eigenvalue weighted by atomic mass is 10.3. The van der Waals surface area contributed by atoms with Crippen molar-refractivity contribution in [3.8, 4) is 0 Å². The highest BCUT2D eigenvalue weighted by Gasteiger charge is 2.05. The second-order valence-electron chi connectivity index (χ2n) is 3.09. The fourth-order valence-electron chi connectivity index (χ4n) is 1.16. The molecule has 0 bridgehead atoms. The van der Waals surface area contributed by atoms with Crippen LogP contribution < -0.4 is 5.32 Å². The van der Waals surface area contributed by atoms with E-state index in [2.05, 4.69) is 41.6 Å². The molecular formula is C9H10BrN3OS. The van der Waals surface area contributed by atoms with Crippen LogP contribution in [0.5, 0.6) is 0 Å². The summed E-state index contributed by atoms with van der Waals surface area (Å²) < 4.78 is 5.76. The van der Waals surface area contributed by atoms with Gasteiger partial charge < -0.3 is 5.32 Å². The predicted octanol–water partition coefficient (Wildman–Crippen LogP) is 2.49. The molecule has 6 heteroatoms. The van der Waals surface area contributed by atoms with Crippen LogP contribution in [0.15, 0.2) is 20.5 Å². The molecule has 0 unspecified atom stereocenters. The maximum Gasteiger partial charge on any atom is 0.121 e.